The van der Waals surface area contributed by atoms with Gasteiger partial charge in [-0.2, -0.15) is 0 Å². The highest BCUT2D eigenvalue weighted by Gasteiger charge is 2.30. The molecule has 0 aliphatic heterocycles. The summed E-state index contributed by atoms with van der Waals surface area (Å²) in [7, 11) is 0. The molecule has 4 rings (SSSR count). The predicted molar refractivity (Wildman–Crippen MR) is 124 cm³/mol. The van der Waals surface area contributed by atoms with Crippen molar-refractivity contribution >= 4 is 34.4 Å². The van der Waals surface area contributed by atoms with Gasteiger partial charge in [-0.05, 0) is 35.6 Å². The number of ether oxygens (including phenoxy) is 1. The van der Waals surface area contributed by atoms with E-state index in [1.807, 2.05) is 55.5 Å². The molecule has 0 saturated carbocycles. The molecule has 1 atom stereocenters. The number of nitrogens with zero attached hydrogens (tertiary/aromatic N) is 1. The molecule has 1 unspecified atom stereocenters. The van der Waals surface area contributed by atoms with Crippen molar-refractivity contribution in [3.05, 3.63) is 70.7 Å². The van der Waals surface area contributed by atoms with Crippen molar-refractivity contribution in [1.29, 1.82) is 0 Å². The lowest BCUT2D eigenvalue weighted by Gasteiger charge is -2.19. The number of amides is 2. The smallest absolute Gasteiger partial charge is 0.407 e. The molecule has 0 bridgehead atoms. The summed E-state index contributed by atoms with van der Waals surface area (Å²) in [6.45, 7) is 1.95. The number of anilines is 1. The second-order valence-corrected chi connectivity index (χ2v) is 8.95. The zero-order chi connectivity index (χ0) is 23.4. The lowest BCUT2D eigenvalue weighted by molar-refractivity contribution is -0.137. The van der Waals surface area contributed by atoms with Crippen molar-refractivity contribution in [2.24, 2.45) is 0 Å². The van der Waals surface area contributed by atoms with Gasteiger partial charge in [-0.25, -0.2) is 9.78 Å². The number of nitrogens with one attached hydrogen (secondary N) is 2. The molecule has 2 aromatic carbocycles. The molecule has 2 amide bonds. The summed E-state index contributed by atoms with van der Waals surface area (Å²) in [5.41, 5.74) is 4.37. The summed E-state index contributed by atoms with van der Waals surface area (Å²) in [6.07, 6.45) is 0.484. The number of carbonyl (C=O) groups excluding carboxylic acids is 2. The normalized spacial score (nSPS) is 13.0. The molecule has 0 saturated heterocycles. The molecule has 3 N–H and O–H groups in total. The highest BCUT2D eigenvalue weighted by molar-refractivity contribution is 7.15. The van der Waals surface area contributed by atoms with Gasteiger partial charge in [0.25, 0.3) is 0 Å². The number of alkyl carbamates (subject to hydrolysis) is 1. The first-order chi connectivity index (χ1) is 15.9. The SMILES string of the molecule is Cc1cnc(NC(=O)C(CCC(=O)O)NC(=O)OCC2c3ccccc3-c3ccccc32)s1. The molecule has 9 heteroatoms. The maximum atomic E-state index is 12.7. The van der Waals surface area contributed by atoms with Crippen LogP contribution in [-0.4, -0.2) is 40.7 Å². The minimum Gasteiger partial charge on any atom is -0.481 e. The number of aromatic nitrogens is 1. The number of aliphatic carboxylic acids is 1. The van der Waals surface area contributed by atoms with Crippen LogP contribution in [0.3, 0.4) is 0 Å². The predicted octanol–water partition coefficient (Wildman–Crippen LogP) is 4.16. The topological polar surface area (TPSA) is 118 Å². The molecule has 0 radical (unpaired) electrons. The van der Waals surface area contributed by atoms with E-state index in [0.29, 0.717) is 5.13 Å². The van der Waals surface area contributed by atoms with Gasteiger partial charge < -0.3 is 20.5 Å². The lowest BCUT2D eigenvalue weighted by atomic mass is 9.98. The minimum absolute atomic E-state index is 0.0737. The highest BCUT2D eigenvalue weighted by atomic mass is 32.1. The fourth-order valence-electron chi connectivity index (χ4n) is 3.92. The Morgan fingerprint density at radius 1 is 1.09 bits per heavy atom. The third kappa shape index (κ3) is 5.20. The van der Waals surface area contributed by atoms with Gasteiger partial charge in [0.15, 0.2) is 5.13 Å². The Morgan fingerprint density at radius 3 is 2.30 bits per heavy atom. The third-order valence-electron chi connectivity index (χ3n) is 5.45. The molecule has 170 valence electrons. The van der Waals surface area contributed by atoms with E-state index < -0.39 is 24.0 Å². The Hall–Kier alpha value is -3.72. The molecule has 3 aromatic rings. The van der Waals surface area contributed by atoms with Gasteiger partial charge in [-0.1, -0.05) is 48.5 Å². The van der Waals surface area contributed by atoms with E-state index in [0.717, 1.165) is 27.1 Å². The Bertz CT molecular complexity index is 1150. The van der Waals surface area contributed by atoms with Crippen LogP contribution in [0.15, 0.2) is 54.7 Å². The fraction of sp³-hybridized carbons (Fsp3) is 0.250. The van der Waals surface area contributed by atoms with E-state index in [9.17, 15) is 14.4 Å². The first kappa shape index (κ1) is 22.5. The lowest BCUT2D eigenvalue weighted by Crippen LogP contribution is -2.44. The van der Waals surface area contributed by atoms with E-state index in [4.69, 9.17) is 9.84 Å². The molecule has 0 fully saturated rings. The van der Waals surface area contributed by atoms with Gasteiger partial charge in [0.05, 0.1) is 0 Å². The minimum atomic E-state index is -1.07. The van der Waals surface area contributed by atoms with Crippen LogP contribution < -0.4 is 10.6 Å². The van der Waals surface area contributed by atoms with Crippen molar-refractivity contribution in [3.63, 3.8) is 0 Å². The number of benzene rings is 2. The maximum absolute atomic E-state index is 12.7. The Morgan fingerprint density at radius 2 is 1.73 bits per heavy atom. The second kappa shape index (κ2) is 9.83. The molecule has 1 aromatic heterocycles. The summed E-state index contributed by atoms with van der Waals surface area (Å²) in [6, 6.07) is 14.9. The van der Waals surface area contributed by atoms with Crippen molar-refractivity contribution in [2.45, 2.75) is 31.7 Å². The van der Waals surface area contributed by atoms with E-state index in [1.165, 1.54) is 11.3 Å². The monoisotopic (exact) mass is 465 g/mol. The van der Waals surface area contributed by atoms with Gasteiger partial charge in [-0.3, -0.25) is 9.59 Å². The molecule has 1 aliphatic rings. The van der Waals surface area contributed by atoms with Crippen LogP contribution in [0.25, 0.3) is 11.1 Å². The van der Waals surface area contributed by atoms with Crippen LogP contribution in [0, 0.1) is 6.92 Å². The van der Waals surface area contributed by atoms with Crippen LogP contribution >= 0.6 is 11.3 Å². The van der Waals surface area contributed by atoms with Gasteiger partial charge in [-0.15, -0.1) is 11.3 Å². The number of carbonyl (C=O) groups is 3. The summed E-state index contributed by atoms with van der Waals surface area (Å²) < 4.78 is 5.49. The average molecular weight is 466 g/mol. The number of carboxylic acids is 1. The summed E-state index contributed by atoms with van der Waals surface area (Å²) in [5.74, 6) is -1.72. The highest BCUT2D eigenvalue weighted by Crippen LogP contribution is 2.44. The van der Waals surface area contributed by atoms with Gasteiger partial charge in [0.2, 0.25) is 5.91 Å². The summed E-state index contributed by atoms with van der Waals surface area (Å²) >= 11 is 1.29. The first-order valence-electron chi connectivity index (χ1n) is 10.5. The Kier molecular flexibility index (Phi) is 6.69. The average Bonchev–Trinajstić information content (AvgIpc) is 3.35. The fourth-order valence-corrected chi connectivity index (χ4v) is 4.59. The van der Waals surface area contributed by atoms with Gasteiger partial charge in [0.1, 0.15) is 12.6 Å². The maximum Gasteiger partial charge on any atom is 0.407 e. The number of fused-ring (bicyclic) bond motifs is 3. The second-order valence-electron chi connectivity index (χ2n) is 7.72. The zero-order valence-corrected chi connectivity index (χ0v) is 18.7. The van der Waals surface area contributed by atoms with Crippen LogP contribution in [-0.2, 0) is 14.3 Å². The number of rotatable bonds is 8. The van der Waals surface area contributed by atoms with Crippen molar-refractivity contribution in [2.75, 3.05) is 11.9 Å². The third-order valence-corrected chi connectivity index (χ3v) is 6.28. The van der Waals surface area contributed by atoms with Crippen LogP contribution in [0.5, 0.6) is 0 Å². The molecular weight excluding hydrogens is 442 g/mol. The summed E-state index contributed by atoms with van der Waals surface area (Å²) in [4.78, 5) is 41.2. The largest absolute Gasteiger partial charge is 0.481 e. The van der Waals surface area contributed by atoms with E-state index in [2.05, 4.69) is 15.6 Å². The van der Waals surface area contributed by atoms with Crippen LogP contribution in [0.1, 0.15) is 34.8 Å². The van der Waals surface area contributed by atoms with Crippen molar-refractivity contribution in [3.8, 4) is 11.1 Å². The number of carboxylic acid groups (broad SMARTS) is 1. The summed E-state index contributed by atoms with van der Waals surface area (Å²) in [5, 5.41) is 14.5. The van der Waals surface area contributed by atoms with E-state index in [1.54, 1.807) is 6.20 Å². The molecule has 1 aliphatic carbocycles. The molecular formula is C24H23N3O5S. The Labute approximate surface area is 194 Å². The van der Waals surface area contributed by atoms with Crippen LogP contribution in [0.4, 0.5) is 9.93 Å². The molecule has 33 heavy (non-hydrogen) atoms. The van der Waals surface area contributed by atoms with E-state index in [-0.39, 0.29) is 25.4 Å². The quantitative estimate of drug-likeness (QED) is 0.460. The van der Waals surface area contributed by atoms with Crippen LogP contribution in [0.2, 0.25) is 0 Å². The molecule has 0 spiro atoms. The first-order valence-corrected chi connectivity index (χ1v) is 11.3. The van der Waals surface area contributed by atoms with E-state index >= 15 is 0 Å². The van der Waals surface area contributed by atoms with Gasteiger partial charge >= 0.3 is 12.1 Å². The van der Waals surface area contributed by atoms with Crippen molar-refractivity contribution in [1.82, 2.24) is 10.3 Å². The molecule has 8 nitrogen and oxygen atoms in total. The number of thiazole rings is 1. The molecule has 1 heterocycles. The number of aryl methyl sites for hydroxylation is 1. The standard InChI is InChI=1S/C24H23N3O5S/c1-14-12-25-23(33-14)27-22(30)20(10-11-21(28)29)26-24(31)32-13-19-17-8-4-2-6-15(17)16-7-3-5-9-18(16)19/h2-9,12,19-20H,10-11,13H2,1H3,(H,26,31)(H,28,29)(H,25,27,30). The zero-order valence-electron chi connectivity index (χ0n) is 17.9. The van der Waals surface area contributed by atoms with Crippen molar-refractivity contribution < 1.29 is 24.2 Å². The number of hydrogen-bond acceptors (Lipinski definition) is 6. The Balaban J connectivity index is 1.42. The van der Waals surface area contributed by atoms with Gasteiger partial charge in [0, 0.05) is 23.4 Å². The number of hydrogen-bond donors (Lipinski definition) is 3.